The molecule has 0 saturated carbocycles. The van der Waals surface area contributed by atoms with Crippen LogP contribution in [0.3, 0.4) is 0 Å². The van der Waals surface area contributed by atoms with Crippen molar-refractivity contribution in [2.24, 2.45) is 0 Å². The fourth-order valence-electron chi connectivity index (χ4n) is 2.72. The number of nitrogens with zero attached hydrogens (tertiary/aromatic N) is 2. The highest BCUT2D eigenvalue weighted by Gasteiger charge is 2.24. The predicted octanol–water partition coefficient (Wildman–Crippen LogP) is 2.86. The molecule has 0 unspecified atom stereocenters. The summed E-state index contributed by atoms with van der Waals surface area (Å²) in [5.74, 6) is -0.348. The number of carbonyl (C=O) groups excluding carboxylic acids is 2. The highest BCUT2D eigenvalue weighted by atomic mass is 16.5. The van der Waals surface area contributed by atoms with E-state index in [4.69, 9.17) is 4.74 Å². The molecule has 1 amide bonds. The maximum absolute atomic E-state index is 12.6. The van der Waals surface area contributed by atoms with Crippen molar-refractivity contribution in [2.45, 2.75) is 26.8 Å². The first-order valence-corrected chi connectivity index (χ1v) is 7.51. The standard InChI is InChI=1S/C17H22N2O3/c1-5-18(6-2)16(20)12(3)19-11-14(17(21)22-4)13-9-7-8-10-15(13)19/h7-12H,5-6H2,1-4H3/t12-/m1/s1. The number of ether oxygens (including phenoxy) is 1. The van der Waals surface area contributed by atoms with Gasteiger partial charge in [-0.25, -0.2) is 4.79 Å². The summed E-state index contributed by atoms with van der Waals surface area (Å²) >= 11 is 0. The van der Waals surface area contributed by atoms with Crippen molar-refractivity contribution >= 4 is 22.8 Å². The minimum atomic E-state index is -0.391. The average molecular weight is 302 g/mol. The number of esters is 1. The first-order valence-electron chi connectivity index (χ1n) is 7.51. The number of aromatic nitrogens is 1. The number of fused-ring (bicyclic) bond motifs is 1. The zero-order chi connectivity index (χ0) is 16.3. The Bertz CT molecular complexity index is 686. The first kappa shape index (κ1) is 16.1. The molecule has 2 rings (SSSR count). The number of methoxy groups -OCH3 is 1. The topological polar surface area (TPSA) is 51.5 Å². The second kappa shape index (κ2) is 6.64. The fraction of sp³-hybridized carbons (Fsp3) is 0.412. The first-order chi connectivity index (χ1) is 10.5. The predicted molar refractivity (Wildman–Crippen MR) is 85.9 cm³/mol. The van der Waals surface area contributed by atoms with Crippen molar-refractivity contribution in [1.29, 1.82) is 0 Å². The molecule has 0 saturated heterocycles. The molecular formula is C17H22N2O3. The number of carbonyl (C=O) groups is 2. The summed E-state index contributed by atoms with van der Waals surface area (Å²) in [6.07, 6.45) is 1.71. The zero-order valence-electron chi connectivity index (χ0n) is 13.5. The summed E-state index contributed by atoms with van der Waals surface area (Å²) in [5, 5.41) is 0.800. The third-order valence-electron chi connectivity index (χ3n) is 4.00. The molecule has 118 valence electrons. The number of hydrogen-bond donors (Lipinski definition) is 0. The van der Waals surface area contributed by atoms with Crippen LogP contribution in [0.25, 0.3) is 10.9 Å². The molecule has 1 aromatic carbocycles. The van der Waals surface area contributed by atoms with Gasteiger partial charge < -0.3 is 14.2 Å². The number of likely N-dealkylation sites (N-methyl/N-ethyl adjacent to an activating group) is 1. The molecule has 5 nitrogen and oxygen atoms in total. The number of amides is 1. The molecular weight excluding hydrogens is 280 g/mol. The molecule has 0 N–H and O–H groups in total. The molecule has 1 aromatic heterocycles. The number of hydrogen-bond acceptors (Lipinski definition) is 3. The van der Waals surface area contributed by atoms with E-state index in [0.29, 0.717) is 18.7 Å². The Kier molecular flexibility index (Phi) is 4.85. The molecule has 2 aromatic rings. The van der Waals surface area contributed by atoms with Crippen molar-refractivity contribution in [3.05, 3.63) is 36.0 Å². The van der Waals surface area contributed by atoms with Crippen molar-refractivity contribution < 1.29 is 14.3 Å². The van der Waals surface area contributed by atoms with Gasteiger partial charge in [-0.05, 0) is 26.8 Å². The van der Waals surface area contributed by atoms with E-state index in [1.807, 2.05) is 49.6 Å². The van der Waals surface area contributed by atoms with Crippen LogP contribution in [0.4, 0.5) is 0 Å². The van der Waals surface area contributed by atoms with Gasteiger partial charge in [0.25, 0.3) is 0 Å². The molecule has 0 spiro atoms. The maximum atomic E-state index is 12.6. The van der Waals surface area contributed by atoms with E-state index in [2.05, 4.69) is 0 Å². The Balaban J connectivity index is 2.51. The molecule has 5 heteroatoms. The van der Waals surface area contributed by atoms with Gasteiger partial charge in [0.05, 0.1) is 12.7 Å². The second-order valence-electron chi connectivity index (χ2n) is 5.15. The molecule has 1 atom stereocenters. The van der Waals surface area contributed by atoms with Gasteiger partial charge >= 0.3 is 5.97 Å². The van der Waals surface area contributed by atoms with Gasteiger partial charge in [-0.15, -0.1) is 0 Å². The zero-order valence-corrected chi connectivity index (χ0v) is 13.5. The van der Waals surface area contributed by atoms with Crippen LogP contribution in [-0.2, 0) is 9.53 Å². The summed E-state index contributed by atoms with van der Waals surface area (Å²) in [7, 11) is 1.36. The van der Waals surface area contributed by atoms with Crippen LogP contribution < -0.4 is 0 Å². The lowest BCUT2D eigenvalue weighted by Gasteiger charge is -2.24. The van der Waals surface area contributed by atoms with Gasteiger partial charge in [0.15, 0.2) is 0 Å². The summed E-state index contributed by atoms with van der Waals surface area (Å²) in [5.41, 5.74) is 1.34. The van der Waals surface area contributed by atoms with E-state index >= 15 is 0 Å². The Labute approximate surface area is 130 Å². The van der Waals surface area contributed by atoms with E-state index in [0.717, 1.165) is 10.9 Å². The summed E-state index contributed by atoms with van der Waals surface area (Å²) in [6, 6.07) is 7.17. The van der Waals surface area contributed by atoms with Crippen LogP contribution in [-0.4, -0.2) is 41.5 Å². The summed E-state index contributed by atoms with van der Waals surface area (Å²) in [6.45, 7) is 7.11. The van der Waals surface area contributed by atoms with Crippen LogP contribution in [0.5, 0.6) is 0 Å². The summed E-state index contributed by atoms with van der Waals surface area (Å²) in [4.78, 5) is 26.3. The molecule has 0 aliphatic heterocycles. The van der Waals surface area contributed by atoms with Gasteiger partial charge in [-0.2, -0.15) is 0 Å². The van der Waals surface area contributed by atoms with Crippen molar-refractivity contribution in [3.8, 4) is 0 Å². The average Bonchev–Trinajstić information content (AvgIpc) is 2.94. The third kappa shape index (κ3) is 2.71. The fourth-order valence-corrected chi connectivity index (χ4v) is 2.72. The van der Waals surface area contributed by atoms with Crippen LogP contribution in [0.1, 0.15) is 37.2 Å². The molecule has 0 bridgehead atoms. The number of para-hydroxylation sites is 1. The van der Waals surface area contributed by atoms with Crippen LogP contribution in [0, 0.1) is 0 Å². The second-order valence-corrected chi connectivity index (χ2v) is 5.15. The minimum absolute atomic E-state index is 0.0437. The van der Waals surface area contributed by atoms with Crippen LogP contribution in [0.15, 0.2) is 30.5 Å². The maximum Gasteiger partial charge on any atom is 0.340 e. The highest BCUT2D eigenvalue weighted by Crippen LogP contribution is 2.26. The third-order valence-corrected chi connectivity index (χ3v) is 4.00. The van der Waals surface area contributed by atoms with Crippen molar-refractivity contribution in [2.75, 3.05) is 20.2 Å². The van der Waals surface area contributed by atoms with Gasteiger partial charge in [0, 0.05) is 30.2 Å². The Morgan fingerprint density at radius 2 is 1.86 bits per heavy atom. The number of rotatable bonds is 5. The van der Waals surface area contributed by atoms with E-state index < -0.39 is 5.97 Å². The normalized spacial score (nSPS) is 12.2. The quantitative estimate of drug-likeness (QED) is 0.798. The molecule has 1 heterocycles. The lowest BCUT2D eigenvalue weighted by atomic mass is 10.2. The molecule has 0 aliphatic rings. The van der Waals surface area contributed by atoms with Gasteiger partial charge in [-0.1, -0.05) is 18.2 Å². The lowest BCUT2D eigenvalue weighted by Crippen LogP contribution is -2.35. The van der Waals surface area contributed by atoms with E-state index in [9.17, 15) is 9.59 Å². The van der Waals surface area contributed by atoms with Crippen molar-refractivity contribution in [3.63, 3.8) is 0 Å². The van der Waals surface area contributed by atoms with E-state index in [-0.39, 0.29) is 11.9 Å². The van der Waals surface area contributed by atoms with Crippen molar-refractivity contribution in [1.82, 2.24) is 9.47 Å². The Morgan fingerprint density at radius 1 is 1.23 bits per heavy atom. The minimum Gasteiger partial charge on any atom is -0.465 e. The Hall–Kier alpha value is -2.30. The highest BCUT2D eigenvalue weighted by molar-refractivity contribution is 6.04. The number of benzene rings is 1. The van der Waals surface area contributed by atoms with Crippen LogP contribution >= 0.6 is 0 Å². The molecule has 0 radical (unpaired) electrons. The SMILES string of the molecule is CCN(CC)C(=O)[C@@H](C)n1cc(C(=O)OC)c2ccccc21. The molecule has 0 aliphatic carbocycles. The largest absolute Gasteiger partial charge is 0.465 e. The van der Waals surface area contributed by atoms with E-state index in [1.54, 1.807) is 11.1 Å². The Morgan fingerprint density at radius 3 is 2.45 bits per heavy atom. The van der Waals surface area contributed by atoms with Crippen LogP contribution in [0.2, 0.25) is 0 Å². The lowest BCUT2D eigenvalue weighted by molar-refractivity contribution is -0.133. The van der Waals surface area contributed by atoms with Gasteiger partial charge in [-0.3, -0.25) is 4.79 Å². The van der Waals surface area contributed by atoms with Gasteiger partial charge in [0.1, 0.15) is 6.04 Å². The summed E-state index contributed by atoms with van der Waals surface area (Å²) < 4.78 is 6.69. The van der Waals surface area contributed by atoms with Gasteiger partial charge in [0.2, 0.25) is 5.91 Å². The molecule has 0 fully saturated rings. The molecule has 22 heavy (non-hydrogen) atoms. The smallest absolute Gasteiger partial charge is 0.340 e. The van der Waals surface area contributed by atoms with E-state index in [1.165, 1.54) is 7.11 Å². The monoisotopic (exact) mass is 302 g/mol.